The van der Waals surface area contributed by atoms with Gasteiger partial charge in [-0.2, -0.15) is 0 Å². The maximum Gasteiger partial charge on any atom is 0.211 e. The Morgan fingerprint density at radius 3 is 2.17 bits per heavy atom. The molecule has 0 N–H and O–H groups in total. The van der Waals surface area contributed by atoms with Crippen molar-refractivity contribution in [2.75, 3.05) is 12.3 Å². The lowest BCUT2D eigenvalue weighted by atomic mass is 9.54. The van der Waals surface area contributed by atoms with Gasteiger partial charge in [-0.1, -0.05) is 11.6 Å². The highest BCUT2D eigenvalue weighted by atomic mass is 31.2. The first-order valence-corrected chi connectivity index (χ1v) is 9.48. The first-order valence-electron chi connectivity index (χ1n) is 7.49. The van der Waals surface area contributed by atoms with Crippen molar-refractivity contribution < 1.29 is 9.09 Å². The van der Waals surface area contributed by atoms with Gasteiger partial charge in [-0.3, -0.25) is 4.57 Å². The summed E-state index contributed by atoms with van der Waals surface area (Å²) >= 11 is 0. The molecule has 0 aromatic rings. The predicted molar refractivity (Wildman–Crippen MR) is 73.1 cm³/mol. The van der Waals surface area contributed by atoms with Crippen LogP contribution in [0.4, 0.5) is 0 Å². The summed E-state index contributed by atoms with van der Waals surface area (Å²) in [5.74, 6) is 2.62. The molecule has 2 nitrogen and oxygen atoms in total. The third-order valence-corrected chi connectivity index (χ3v) is 7.99. The van der Waals surface area contributed by atoms with Gasteiger partial charge in [0.1, 0.15) is 0 Å². The molecule has 0 radical (unpaired) electrons. The topological polar surface area (TPSA) is 26.3 Å². The maximum atomic E-state index is 12.8. The zero-order valence-electron chi connectivity index (χ0n) is 11.2. The predicted octanol–water partition coefficient (Wildman–Crippen LogP) is 4.21. The zero-order valence-corrected chi connectivity index (χ0v) is 12.1. The van der Waals surface area contributed by atoms with E-state index in [0.29, 0.717) is 6.16 Å². The van der Waals surface area contributed by atoms with Gasteiger partial charge in [0.25, 0.3) is 0 Å². The van der Waals surface area contributed by atoms with Gasteiger partial charge in [0.15, 0.2) is 0 Å². The highest BCUT2D eigenvalue weighted by Gasteiger charge is 2.54. The van der Waals surface area contributed by atoms with Gasteiger partial charge < -0.3 is 4.52 Å². The number of rotatable bonds is 2. The van der Waals surface area contributed by atoms with Crippen LogP contribution in [0.5, 0.6) is 0 Å². The van der Waals surface area contributed by atoms with E-state index in [9.17, 15) is 4.57 Å². The van der Waals surface area contributed by atoms with Crippen molar-refractivity contribution in [1.29, 1.82) is 0 Å². The monoisotopic (exact) mass is 266 g/mol. The highest BCUT2D eigenvalue weighted by molar-refractivity contribution is 7.59. The van der Waals surface area contributed by atoms with Gasteiger partial charge in [-0.25, -0.2) is 0 Å². The van der Waals surface area contributed by atoms with E-state index in [1.807, 2.05) is 0 Å². The summed E-state index contributed by atoms with van der Waals surface area (Å²) in [4.78, 5) is 0. The third kappa shape index (κ3) is 1.84. The van der Waals surface area contributed by atoms with E-state index in [4.69, 9.17) is 4.52 Å². The van der Waals surface area contributed by atoms with Gasteiger partial charge in [-0.15, -0.1) is 0 Å². The Balaban J connectivity index is 1.56. The summed E-state index contributed by atoms with van der Waals surface area (Å²) in [5.41, 5.74) is 1.28. The van der Waals surface area contributed by atoms with E-state index >= 15 is 0 Å². The van der Waals surface area contributed by atoms with Crippen LogP contribution in [-0.4, -0.2) is 17.9 Å². The van der Waals surface area contributed by atoms with Gasteiger partial charge in [0.2, 0.25) is 7.37 Å². The average molecular weight is 266 g/mol. The van der Waals surface area contributed by atoms with E-state index in [1.54, 1.807) is 0 Å². The summed E-state index contributed by atoms with van der Waals surface area (Å²) < 4.78 is 19.2. The molecule has 0 spiro atoms. The molecule has 4 aliphatic carbocycles. The van der Waals surface area contributed by atoms with Crippen LogP contribution < -0.4 is 0 Å². The van der Waals surface area contributed by atoms with E-state index in [1.165, 1.54) is 44.1 Å². The minimum Gasteiger partial charge on any atom is -0.321 e. The minimum atomic E-state index is -2.37. The van der Waals surface area contributed by atoms with E-state index in [-0.39, 0.29) is 5.60 Å². The molecule has 1 unspecified atom stereocenters. The molecule has 0 aromatic carbocycles. The third-order valence-electron chi connectivity index (χ3n) is 5.55. The van der Waals surface area contributed by atoms with E-state index in [2.05, 4.69) is 13.0 Å². The quantitative estimate of drug-likeness (QED) is 0.553. The molecule has 0 aromatic heterocycles. The first-order chi connectivity index (χ1) is 8.54. The van der Waals surface area contributed by atoms with Crippen LogP contribution in [0.15, 0.2) is 11.6 Å². The SMILES string of the molecule is CC1=CCP(=O)(OC23CC4CC(CC(C4)C2)C3)C1. The van der Waals surface area contributed by atoms with Crippen molar-refractivity contribution in [2.45, 2.75) is 51.0 Å². The number of hydrogen-bond donors (Lipinski definition) is 0. The largest absolute Gasteiger partial charge is 0.321 e. The lowest BCUT2D eigenvalue weighted by Crippen LogP contribution is -2.51. The Labute approximate surface area is 110 Å². The second-order valence-electron chi connectivity index (χ2n) is 7.40. The first kappa shape index (κ1) is 11.7. The molecule has 5 rings (SSSR count). The van der Waals surface area contributed by atoms with E-state index < -0.39 is 7.37 Å². The number of hydrogen-bond acceptors (Lipinski definition) is 2. The van der Waals surface area contributed by atoms with Crippen LogP contribution in [0.3, 0.4) is 0 Å². The van der Waals surface area contributed by atoms with Gasteiger partial charge in [-0.05, 0) is 63.2 Å². The molecule has 4 fully saturated rings. The fraction of sp³-hybridized carbons (Fsp3) is 0.867. The minimum absolute atomic E-state index is 0.0166. The molecule has 3 heteroatoms. The average Bonchev–Trinajstić information content (AvgIpc) is 2.54. The van der Waals surface area contributed by atoms with Gasteiger partial charge >= 0.3 is 0 Å². The molecular formula is C15H23O2P. The van der Waals surface area contributed by atoms with Crippen LogP contribution in [-0.2, 0) is 9.09 Å². The lowest BCUT2D eigenvalue weighted by Gasteiger charge is -2.56. The maximum absolute atomic E-state index is 12.8. The summed E-state index contributed by atoms with van der Waals surface area (Å²) in [6, 6.07) is 0. The standard InChI is InChI=1S/C15H23O2P/c1-11-2-3-18(16,10-11)17-15-7-12-4-13(8-15)6-14(5-12)9-15/h2,12-14H,3-10H2,1H3. The molecule has 1 atom stereocenters. The molecule has 18 heavy (non-hydrogen) atoms. The van der Waals surface area contributed by atoms with Crippen LogP contribution in [0, 0.1) is 17.8 Å². The second kappa shape index (κ2) is 3.73. The Kier molecular flexibility index (Phi) is 2.43. The smallest absolute Gasteiger partial charge is 0.211 e. The van der Waals surface area contributed by atoms with Gasteiger partial charge in [0.05, 0.1) is 5.60 Å². The second-order valence-corrected chi connectivity index (χ2v) is 9.89. The van der Waals surface area contributed by atoms with Crippen LogP contribution in [0.2, 0.25) is 0 Å². The molecular weight excluding hydrogens is 243 g/mol. The lowest BCUT2D eigenvalue weighted by molar-refractivity contribution is -0.106. The van der Waals surface area contributed by atoms with Crippen LogP contribution in [0.1, 0.15) is 45.4 Å². The van der Waals surface area contributed by atoms with Crippen LogP contribution in [0.25, 0.3) is 0 Å². The molecule has 0 saturated heterocycles. The Morgan fingerprint density at radius 1 is 1.17 bits per heavy atom. The molecule has 5 aliphatic rings. The Hall–Kier alpha value is -0.0700. The van der Waals surface area contributed by atoms with Crippen molar-refractivity contribution in [2.24, 2.45) is 17.8 Å². The highest BCUT2D eigenvalue weighted by Crippen LogP contribution is 2.64. The zero-order chi connectivity index (χ0) is 12.4. The van der Waals surface area contributed by atoms with Crippen molar-refractivity contribution in [1.82, 2.24) is 0 Å². The summed E-state index contributed by atoms with van der Waals surface area (Å²) in [7, 11) is -2.37. The summed E-state index contributed by atoms with van der Waals surface area (Å²) in [6.45, 7) is 2.09. The van der Waals surface area contributed by atoms with Gasteiger partial charge in [0, 0.05) is 12.3 Å². The molecule has 1 heterocycles. The van der Waals surface area contributed by atoms with Crippen molar-refractivity contribution in [3.63, 3.8) is 0 Å². The molecule has 100 valence electrons. The summed E-state index contributed by atoms with van der Waals surface area (Å²) in [5, 5.41) is 0. The molecule has 1 aliphatic heterocycles. The van der Waals surface area contributed by atoms with Crippen molar-refractivity contribution in [3.8, 4) is 0 Å². The van der Waals surface area contributed by atoms with Crippen molar-refractivity contribution >= 4 is 7.37 Å². The number of allylic oxidation sites excluding steroid dienone is 2. The fourth-order valence-corrected chi connectivity index (χ4v) is 8.05. The molecule has 4 saturated carbocycles. The summed E-state index contributed by atoms with van der Waals surface area (Å²) in [6.07, 6.45) is 11.4. The van der Waals surface area contributed by atoms with Crippen molar-refractivity contribution in [3.05, 3.63) is 11.6 Å². The van der Waals surface area contributed by atoms with E-state index in [0.717, 1.165) is 23.9 Å². The van der Waals surface area contributed by atoms with Crippen LogP contribution >= 0.6 is 7.37 Å². The Bertz CT molecular complexity index is 416. The molecule has 4 bridgehead atoms. The molecule has 0 amide bonds. The Morgan fingerprint density at radius 2 is 1.72 bits per heavy atom. The fourth-order valence-electron chi connectivity index (χ4n) is 5.37. The normalized spacial score (nSPS) is 53.8.